The van der Waals surface area contributed by atoms with Gasteiger partial charge in [-0.05, 0) is 60.5 Å². The van der Waals surface area contributed by atoms with Crippen molar-refractivity contribution < 1.29 is 9.90 Å². The van der Waals surface area contributed by atoms with E-state index in [2.05, 4.69) is 31.0 Å². The van der Waals surface area contributed by atoms with Gasteiger partial charge in [0.1, 0.15) is 5.54 Å². The van der Waals surface area contributed by atoms with Crippen molar-refractivity contribution in [2.24, 2.45) is 0 Å². The van der Waals surface area contributed by atoms with E-state index in [0.717, 1.165) is 19.5 Å². The highest BCUT2D eigenvalue weighted by Gasteiger charge is 2.32. The molecule has 0 bridgehead atoms. The first-order valence-electron chi connectivity index (χ1n) is 6.98. The zero-order valence-corrected chi connectivity index (χ0v) is 12.8. The van der Waals surface area contributed by atoms with Crippen LogP contribution in [-0.4, -0.2) is 46.7 Å². The van der Waals surface area contributed by atoms with Crippen molar-refractivity contribution in [2.75, 3.05) is 13.1 Å². The molecular weight excluding hydrogens is 228 g/mol. The first kappa shape index (κ1) is 17.4. The second-order valence-electron chi connectivity index (χ2n) is 5.76. The highest BCUT2D eigenvalue weighted by molar-refractivity contribution is 5.78. The molecule has 0 aromatic carbocycles. The van der Waals surface area contributed by atoms with Gasteiger partial charge in [0.15, 0.2) is 0 Å². The number of nitrogens with zero attached hydrogens (tertiary/aromatic N) is 1. The Balaban J connectivity index is 4.32. The molecule has 0 aromatic heterocycles. The van der Waals surface area contributed by atoms with Crippen LogP contribution in [0.4, 0.5) is 0 Å². The fourth-order valence-corrected chi connectivity index (χ4v) is 2.30. The predicted octanol–water partition coefficient (Wildman–Crippen LogP) is 2.34. The van der Waals surface area contributed by atoms with Crippen molar-refractivity contribution >= 4 is 5.97 Å². The lowest BCUT2D eigenvalue weighted by molar-refractivity contribution is -0.144. The van der Waals surface area contributed by atoms with E-state index in [1.165, 1.54) is 0 Å². The van der Waals surface area contributed by atoms with Crippen molar-refractivity contribution in [3.05, 3.63) is 0 Å². The Labute approximate surface area is 112 Å². The summed E-state index contributed by atoms with van der Waals surface area (Å²) in [5.41, 5.74) is -0.815. The first-order chi connectivity index (χ1) is 8.23. The number of aliphatic carboxylic acids is 1. The van der Waals surface area contributed by atoms with Crippen LogP contribution in [0.25, 0.3) is 0 Å². The fraction of sp³-hybridized carbons (Fsp3) is 0.929. The molecule has 2 N–H and O–H groups in total. The third-order valence-corrected chi connectivity index (χ3v) is 3.34. The summed E-state index contributed by atoms with van der Waals surface area (Å²) in [6.45, 7) is 14.2. The number of nitrogens with one attached hydrogen (secondary N) is 1. The van der Waals surface area contributed by atoms with E-state index in [-0.39, 0.29) is 6.04 Å². The van der Waals surface area contributed by atoms with Crippen molar-refractivity contribution in [2.45, 2.75) is 72.0 Å². The van der Waals surface area contributed by atoms with Gasteiger partial charge in [-0.25, -0.2) is 0 Å². The van der Waals surface area contributed by atoms with Gasteiger partial charge in [-0.1, -0.05) is 6.92 Å². The quantitative estimate of drug-likeness (QED) is 0.666. The summed E-state index contributed by atoms with van der Waals surface area (Å²) in [5.74, 6) is -0.760. The van der Waals surface area contributed by atoms with Crippen LogP contribution < -0.4 is 5.32 Å². The van der Waals surface area contributed by atoms with E-state index in [4.69, 9.17) is 0 Å². The van der Waals surface area contributed by atoms with Crippen LogP contribution in [-0.2, 0) is 4.79 Å². The lowest BCUT2D eigenvalue weighted by atomic mass is 9.94. The Morgan fingerprint density at radius 3 is 2.22 bits per heavy atom. The molecule has 0 aliphatic carbocycles. The number of carboxylic acids is 1. The summed E-state index contributed by atoms with van der Waals surface area (Å²) in [6, 6.07) is 0.697. The highest BCUT2D eigenvalue weighted by Crippen LogP contribution is 2.15. The van der Waals surface area contributed by atoms with Crippen molar-refractivity contribution in [1.82, 2.24) is 10.2 Å². The van der Waals surface area contributed by atoms with Crippen LogP contribution in [0.5, 0.6) is 0 Å². The summed E-state index contributed by atoms with van der Waals surface area (Å²) < 4.78 is 0. The number of carboxylic acid groups (broad SMARTS) is 1. The molecule has 0 radical (unpaired) electrons. The Morgan fingerprint density at radius 1 is 1.33 bits per heavy atom. The van der Waals surface area contributed by atoms with E-state index in [9.17, 15) is 9.90 Å². The van der Waals surface area contributed by atoms with Crippen LogP contribution in [0, 0.1) is 0 Å². The number of carbonyl (C=O) groups is 1. The second kappa shape index (κ2) is 7.74. The number of rotatable bonds is 9. The first-order valence-corrected chi connectivity index (χ1v) is 6.98. The predicted molar refractivity (Wildman–Crippen MR) is 75.9 cm³/mol. The molecule has 0 aliphatic rings. The van der Waals surface area contributed by atoms with Gasteiger partial charge in [0, 0.05) is 12.1 Å². The molecule has 0 saturated carbocycles. The van der Waals surface area contributed by atoms with Crippen LogP contribution in [0.15, 0.2) is 0 Å². The van der Waals surface area contributed by atoms with Gasteiger partial charge in [0.05, 0.1) is 0 Å². The van der Waals surface area contributed by atoms with E-state index in [1.54, 1.807) is 6.92 Å². The second-order valence-corrected chi connectivity index (χ2v) is 5.76. The highest BCUT2D eigenvalue weighted by atomic mass is 16.4. The number of hydrogen-bond donors (Lipinski definition) is 2. The molecule has 1 unspecified atom stereocenters. The molecule has 0 spiro atoms. The smallest absolute Gasteiger partial charge is 0.323 e. The van der Waals surface area contributed by atoms with Gasteiger partial charge >= 0.3 is 5.97 Å². The summed E-state index contributed by atoms with van der Waals surface area (Å²) in [7, 11) is 0. The lowest BCUT2D eigenvalue weighted by Crippen LogP contribution is -2.52. The Morgan fingerprint density at radius 2 is 1.89 bits per heavy atom. The van der Waals surface area contributed by atoms with Gasteiger partial charge in [-0.2, -0.15) is 0 Å². The molecule has 1 atom stereocenters. The normalized spacial score (nSPS) is 15.4. The third-order valence-electron chi connectivity index (χ3n) is 3.34. The van der Waals surface area contributed by atoms with Gasteiger partial charge < -0.3 is 10.0 Å². The number of hydrogen-bond acceptors (Lipinski definition) is 3. The van der Waals surface area contributed by atoms with Crippen LogP contribution >= 0.6 is 0 Å². The molecule has 0 fully saturated rings. The van der Waals surface area contributed by atoms with Gasteiger partial charge in [0.2, 0.25) is 0 Å². The SMILES string of the molecule is CCN(CCCC(C)(NC(C)C)C(=O)O)C(C)C. The molecular formula is C14H30N2O2. The average Bonchev–Trinajstić information content (AvgIpc) is 2.22. The summed E-state index contributed by atoms with van der Waals surface area (Å²) in [6.07, 6.45) is 1.55. The zero-order chi connectivity index (χ0) is 14.3. The standard InChI is InChI=1S/C14H30N2O2/c1-7-16(12(4)5)10-8-9-14(6,13(17)18)15-11(2)3/h11-12,15H,7-10H2,1-6H3,(H,17,18). The Kier molecular flexibility index (Phi) is 7.48. The summed E-state index contributed by atoms with van der Waals surface area (Å²) >= 11 is 0. The summed E-state index contributed by atoms with van der Waals surface area (Å²) in [5, 5.41) is 12.5. The van der Waals surface area contributed by atoms with Crippen molar-refractivity contribution in [1.29, 1.82) is 0 Å². The molecule has 108 valence electrons. The van der Waals surface area contributed by atoms with E-state index < -0.39 is 11.5 Å². The van der Waals surface area contributed by atoms with Crippen molar-refractivity contribution in [3.8, 4) is 0 Å². The van der Waals surface area contributed by atoms with Gasteiger partial charge in [-0.3, -0.25) is 10.1 Å². The molecule has 0 rings (SSSR count). The molecule has 0 saturated heterocycles. The van der Waals surface area contributed by atoms with Crippen LogP contribution in [0.2, 0.25) is 0 Å². The van der Waals surface area contributed by atoms with Gasteiger partial charge in [0.25, 0.3) is 0 Å². The fourth-order valence-electron chi connectivity index (χ4n) is 2.30. The van der Waals surface area contributed by atoms with E-state index in [0.29, 0.717) is 12.5 Å². The molecule has 0 aliphatic heterocycles. The topological polar surface area (TPSA) is 52.6 Å². The third kappa shape index (κ3) is 5.83. The average molecular weight is 258 g/mol. The maximum Gasteiger partial charge on any atom is 0.323 e. The molecule has 0 heterocycles. The van der Waals surface area contributed by atoms with E-state index in [1.807, 2.05) is 13.8 Å². The van der Waals surface area contributed by atoms with Gasteiger partial charge in [-0.15, -0.1) is 0 Å². The Hall–Kier alpha value is -0.610. The summed E-state index contributed by atoms with van der Waals surface area (Å²) in [4.78, 5) is 13.7. The van der Waals surface area contributed by atoms with Crippen LogP contribution in [0.3, 0.4) is 0 Å². The largest absolute Gasteiger partial charge is 0.480 e. The molecule has 4 heteroatoms. The van der Waals surface area contributed by atoms with Crippen LogP contribution in [0.1, 0.15) is 54.4 Å². The van der Waals surface area contributed by atoms with Crippen molar-refractivity contribution in [3.63, 3.8) is 0 Å². The minimum Gasteiger partial charge on any atom is -0.480 e. The minimum absolute atomic E-state index is 0.179. The lowest BCUT2D eigenvalue weighted by Gasteiger charge is -2.31. The maximum absolute atomic E-state index is 11.4. The maximum atomic E-state index is 11.4. The molecule has 18 heavy (non-hydrogen) atoms. The molecule has 0 aromatic rings. The Bertz CT molecular complexity index is 254. The molecule has 0 amide bonds. The zero-order valence-electron chi connectivity index (χ0n) is 12.8. The van der Waals surface area contributed by atoms with E-state index >= 15 is 0 Å². The minimum atomic E-state index is -0.815. The monoisotopic (exact) mass is 258 g/mol. The molecule has 4 nitrogen and oxygen atoms in total.